The van der Waals surface area contributed by atoms with E-state index < -0.39 is 17.6 Å². The van der Waals surface area contributed by atoms with E-state index in [1.54, 1.807) is 50.6 Å². The molecule has 0 fully saturated rings. The van der Waals surface area contributed by atoms with Gasteiger partial charge >= 0.3 is 0 Å². The monoisotopic (exact) mass is 600 g/mol. The standard InChI is InChI=1S/C32H36N6O6/c1-4-16-32(31(40)37-34-20-22-10-15-27(41-2)28(19-22)42-3)29(26-9-6-5-8-24(26)21-35-38-33)44-30(36-32)23-11-13-25(14-12-23)43-18-7-17-39/h4-6,8-15,19,29,34,39H,1,7,16-18,20-21H2,2-3H3,(H,37,40)/t29-,32-/m0/s1. The Kier molecular flexibility index (Phi) is 11.2. The zero-order valence-corrected chi connectivity index (χ0v) is 24.7. The summed E-state index contributed by atoms with van der Waals surface area (Å²) in [5.41, 5.74) is 16.2. The fourth-order valence-corrected chi connectivity index (χ4v) is 4.88. The van der Waals surface area contributed by atoms with Crippen LogP contribution in [0.2, 0.25) is 0 Å². The smallest absolute Gasteiger partial charge is 0.266 e. The lowest BCUT2D eigenvalue weighted by Gasteiger charge is -2.30. The molecule has 1 aliphatic heterocycles. The Morgan fingerprint density at radius 1 is 1.16 bits per heavy atom. The van der Waals surface area contributed by atoms with Gasteiger partial charge in [0, 0.05) is 36.5 Å². The summed E-state index contributed by atoms with van der Waals surface area (Å²) >= 11 is 0. The lowest BCUT2D eigenvalue weighted by Crippen LogP contribution is -2.52. The number of aliphatic hydroxyl groups is 1. The zero-order chi connectivity index (χ0) is 31.4. The van der Waals surface area contributed by atoms with Crippen LogP contribution in [-0.2, 0) is 22.6 Å². The first-order valence-electron chi connectivity index (χ1n) is 14.0. The van der Waals surface area contributed by atoms with Crippen LogP contribution in [0.15, 0.2) is 89.5 Å². The molecule has 0 unspecified atom stereocenters. The molecule has 3 N–H and O–H groups in total. The number of aliphatic hydroxyl groups excluding tert-OH is 1. The Hall–Kier alpha value is -5.03. The van der Waals surface area contributed by atoms with Crippen LogP contribution in [0.25, 0.3) is 10.4 Å². The van der Waals surface area contributed by atoms with Crippen molar-refractivity contribution in [2.24, 2.45) is 10.1 Å². The van der Waals surface area contributed by atoms with Gasteiger partial charge in [0.1, 0.15) is 5.75 Å². The summed E-state index contributed by atoms with van der Waals surface area (Å²) < 4.78 is 22.8. The van der Waals surface area contributed by atoms with Crippen molar-refractivity contribution in [2.75, 3.05) is 27.4 Å². The van der Waals surface area contributed by atoms with Gasteiger partial charge in [-0.2, -0.15) is 0 Å². The largest absolute Gasteiger partial charge is 0.494 e. The molecule has 0 bridgehead atoms. The molecule has 0 aliphatic carbocycles. The number of hydrazine groups is 1. The van der Waals surface area contributed by atoms with Gasteiger partial charge in [0.05, 0.1) is 27.4 Å². The molecule has 2 atom stereocenters. The van der Waals surface area contributed by atoms with Gasteiger partial charge in [-0.15, -0.1) is 6.58 Å². The predicted octanol–water partition coefficient (Wildman–Crippen LogP) is 4.93. The summed E-state index contributed by atoms with van der Waals surface area (Å²) in [4.78, 5) is 21.9. The van der Waals surface area contributed by atoms with Gasteiger partial charge in [0.25, 0.3) is 5.91 Å². The molecule has 0 aromatic heterocycles. The highest BCUT2D eigenvalue weighted by molar-refractivity contribution is 6.01. The van der Waals surface area contributed by atoms with Gasteiger partial charge in [-0.05, 0) is 58.6 Å². The van der Waals surface area contributed by atoms with Gasteiger partial charge in [-0.3, -0.25) is 10.2 Å². The summed E-state index contributed by atoms with van der Waals surface area (Å²) in [5.74, 6) is 1.64. The van der Waals surface area contributed by atoms with E-state index in [1.807, 2.05) is 36.4 Å². The first-order valence-corrected chi connectivity index (χ1v) is 14.0. The first kappa shape index (κ1) is 31.9. The van der Waals surface area contributed by atoms with Crippen molar-refractivity contribution in [1.82, 2.24) is 10.9 Å². The molecule has 0 saturated heterocycles. The van der Waals surface area contributed by atoms with Gasteiger partial charge in [0.15, 0.2) is 23.1 Å². The average molecular weight is 601 g/mol. The van der Waals surface area contributed by atoms with Crippen molar-refractivity contribution in [2.45, 2.75) is 37.6 Å². The van der Waals surface area contributed by atoms with Gasteiger partial charge in [-0.25, -0.2) is 10.4 Å². The van der Waals surface area contributed by atoms with E-state index in [4.69, 9.17) is 34.6 Å². The second-order valence-corrected chi connectivity index (χ2v) is 9.87. The number of carbonyl (C=O) groups excluding carboxylic acids is 1. The van der Waals surface area contributed by atoms with Crippen LogP contribution < -0.4 is 25.1 Å². The number of ether oxygens (including phenoxy) is 4. The number of rotatable bonds is 16. The van der Waals surface area contributed by atoms with Crippen LogP contribution in [-0.4, -0.2) is 49.9 Å². The lowest BCUT2D eigenvalue weighted by molar-refractivity contribution is -0.129. The van der Waals surface area contributed by atoms with Crippen molar-refractivity contribution in [3.63, 3.8) is 0 Å². The zero-order valence-electron chi connectivity index (χ0n) is 24.7. The Labute approximate surface area is 255 Å². The first-order chi connectivity index (χ1) is 21.5. The minimum Gasteiger partial charge on any atom is -0.494 e. The minimum atomic E-state index is -1.44. The number of azide groups is 1. The maximum Gasteiger partial charge on any atom is 0.266 e. The van der Waals surface area contributed by atoms with E-state index in [2.05, 4.69) is 27.5 Å². The third-order valence-electron chi connectivity index (χ3n) is 7.07. The van der Waals surface area contributed by atoms with Crippen LogP contribution in [0.4, 0.5) is 0 Å². The van der Waals surface area contributed by atoms with Crippen LogP contribution >= 0.6 is 0 Å². The Morgan fingerprint density at radius 3 is 2.64 bits per heavy atom. The molecule has 44 heavy (non-hydrogen) atoms. The average Bonchev–Trinajstić information content (AvgIpc) is 3.44. The van der Waals surface area contributed by atoms with Gasteiger partial charge in [0.2, 0.25) is 5.90 Å². The molecule has 12 heteroatoms. The predicted molar refractivity (Wildman–Crippen MR) is 165 cm³/mol. The quantitative estimate of drug-likeness (QED) is 0.0525. The molecule has 1 heterocycles. The number of benzene rings is 3. The Bertz CT molecular complexity index is 1520. The second-order valence-electron chi connectivity index (χ2n) is 9.87. The van der Waals surface area contributed by atoms with E-state index in [9.17, 15) is 4.79 Å². The van der Waals surface area contributed by atoms with Crippen LogP contribution in [0.3, 0.4) is 0 Å². The van der Waals surface area contributed by atoms with E-state index >= 15 is 0 Å². The molecule has 230 valence electrons. The summed E-state index contributed by atoms with van der Waals surface area (Å²) in [6.45, 7) is 4.71. The summed E-state index contributed by atoms with van der Waals surface area (Å²) in [7, 11) is 3.12. The fourth-order valence-electron chi connectivity index (χ4n) is 4.88. The molecule has 3 aromatic carbocycles. The number of carbonyl (C=O) groups is 1. The van der Waals surface area contributed by atoms with Crippen molar-refractivity contribution in [3.05, 3.63) is 112 Å². The van der Waals surface area contributed by atoms with Gasteiger partial charge in [-0.1, -0.05) is 41.5 Å². The third kappa shape index (κ3) is 7.30. The van der Waals surface area contributed by atoms with E-state index in [0.29, 0.717) is 53.5 Å². The normalized spacial score (nSPS) is 17.1. The van der Waals surface area contributed by atoms with Crippen molar-refractivity contribution >= 4 is 11.8 Å². The highest BCUT2D eigenvalue weighted by Gasteiger charge is 2.53. The summed E-state index contributed by atoms with van der Waals surface area (Å²) in [5, 5.41) is 12.8. The summed E-state index contributed by atoms with van der Waals surface area (Å²) in [6.07, 6.45) is 1.45. The van der Waals surface area contributed by atoms with Crippen LogP contribution in [0, 0.1) is 0 Å². The van der Waals surface area contributed by atoms with Gasteiger partial charge < -0.3 is 24.1 Å². The number of amides is 1. The molecular weight excluding hydrogens is 564 g/mol. The van der Waals surface area contributed by atoms with Crippen LogP contribution in [0.1, 0.15) is 41.2 Å². The molecule has 0 radical (unpaired) electrons. The molecular formula is C32H36N6O6. The summed E-state index contributed by atoms with van der Waals surface area (Å²) in [6, 6.07) is 20.0. The molecule has 0 spiro atoms. The molecule has 1 amide bonds. The number of hydrogen-bond donors (Lipinski definition) is 3. The van der Waals surface area contributed by atoms with E-state index in [0.717, 1.165) is 5.56 Å². The Balaban J connectivity index is 1.66. The SMILES string of the molecule is C=CC[C@]1(C(=O)NNCc2ccc(OC)c(OC)c2)N=C(c2ccc(OCCCO)cc2)O[C@H]1c1ccccc1CN=[N+]=[N-]. The number of methoxy groups -OCH3 is 2. The highest BCUT2D eigenvalue weighted by Crippen LogP contribution is 2.44. The maximum absolute atomic E-state index is 14.1. The number of nitrogens with one attached hydrogen (secondary N) is 2. The molecule has 0 saturated carbocycles. The molecule has 3 aromatic rings. The molecule has 4 rings (SSSR count). The number of hydrogen-bond acceptors (Lipinski definition) is 9. The maximum atomic E-state index is 14.1. The van der Waals surface area contributed by atoms with Crippen LogP contribution in [0.5, 0.6) is 17.2 Å². The minimum absolute atomic E-state index is 0.0435. The van der Waals surface area contributed by atoms with Crippen molar-refractivity contribution in [1.29, 1.82) is 0 Å². The fraction of sp³-hybridized carbons (Fsp3) is 0.312. The molecule has 1 aliphatic rings. The number of aliphatic imine (C=N–C) groups is 1. The third-order valence-corrected chi connectivity index (χ3v) is 7.07. The van der Waals surface area contributed by atoms with E-state index in [1.165, 1.54) is 0 Å². The van der Waals surface area contributed by atoms with Crippen molar-refractivity contribution in [3.8, 4) is 17.2 Å². The number of nitrogens with zero attached hydrogens (tertiary/aromatic N) is 4. The Morgan fingerprint density at radius 2 is 1.93 bits per heavy atom. The molecule has 12 nitrogen and oxygen atoms in total. The van der Waals surface area contributed by atoms with Crippen molar-refractivity contribution < 1.29 is 28.8 Å². The topological polar surface area (TPSA) is 159 Å². The van der Waals surface area contributed by atoms with E-state index in [-0.39, 0.29) is 25.5 Å². The second kappa shape index (κ2) is 15.4. The highest BCUT2D eigenvalue weighted by atomic mass is 16.5. The lowest BCUT2D eigenvalue weighted by atomic mass is 9.83.